The molecule has 0 radical (unpaired) electrons. The Morgan fingerprint density at radius 3 is 2.74 bits per heavy atom. The average molecular weight is 402 g/mol. The van der Waals surface area contributed by atoms with E-state index in [2.05, 4.69) is 25.9 Å². The van der Waals surface area contributed by atoms with Gasteiger partial charge in [0.1, 0.15) is 5.65 Å². The number of nitrogens with two attached hydrogens (primary N) is 1. The molecule has 23 heavy (non-hydrogen) atoms. The highest BCUT2D eigenvalue weighted by Gasteiger charge is 2.52. The number of carboxylic acids is 1. The van der Waals surface area contributed by atoms with E-state index in [0.717, 1.165) is 6.42 Å². The van der Waals surface area contributed by atoms with Crippen LogP contribution in [0.2, 0.25) is 5.28 Å². The van der Waals surface area contributed by atoms with Crippen molar-refractivity contribution >= 4 is 50.4 Å². The van der Waals surface area contributed by atoms with Crippen LogP contribution >= 0.6 is 27.5 Å². The number of hydrogen-bond donors (Lipinski definition) is 2. The number of rotatable bonds is 5. The Kier molecular flexibility index (Phi) is 4.05. The second kappa shape index (κ2) is 5.76. The van der Waals surface area contributed by atoms with Gasteiger partial charge >= 0.3 is 5.97 Å². The predicted octanol–water partition coefficient (Wildman–Crippen LogP) is 2.52. The van der Waals surface area contributed by atoms with Crippen molar-refractivity contribution < 1.29 is 14.7 Å². The molecule has 2 aromatic rings. The van der Waals surface area contributed by atoms with E-state index < -0.39 is 23.3 Å². The Hall–Kier alpha value is -1.67. The van der Waals surface area contributed by atoms with E-state index in [4.69, 9.17) is 17.3 Å². The molecule has 1 atom stereocenters. The second-order valence-corrected chi connectivity index (χ2v) is 6.95. The molecular weight excluding hydrogens is 388 g/mol. The van der Waals surface area contributed by atoms with Gasteiger partial charge in [0.2, 0.25) is 11.2 Å². The lowest BCUT2D eigenvalue weighted by Crippen LogP contribution is -2.46. The number of hydrogen-bond acceptors (Lipinski definition) is 4. The van der Waals surface area contributed by atoms with Crippen molar-refractivity contribution in [1.29, 1.82) is 0 Å². The number of aliphatic carboxylic acids is 1. The van der Waals surface area contributed by atoms with Crippen LogP contribution in [0.1, 0.15) is 31.7 Å². The van der Waals surface area contributed by atoms with Crippen molar-refractivity contribution in [1.82, 2.24) is 14.5 Å². The van der Waals surface area contributed by atoms with E-state index in [1.165, 1.54) is 0 Å². The molecule has 7 nitrogen and oxygen atoms in total. The van der Waals surface area contributed by atoms with Crippen molar-refractivity contribution in [3.05, 3.63) is 22.1 Å². The molecule has 0 bridgehead atoms. The fourth-order valence-electron chi connectivity index (χ4n) is 3.21. The summed E-state index contributed by atoms with van der Waals surface area (Å²) in [4.78, 5) is 31.6. The summed E-state index contributed by atoms with van der Waals surface area (Å²) in [6.45, 7) is 0. The van der Waals surface area contributed by atoms with Crippen LogP contribution in [0.3, 0.4) is 0 Å². The van der Waals surface area contributed by atoms with Crippen molar-refractivity contribution in [3.63, 3.8) is 0 Å². The predicted molar refractivity (Wildman–Crippen MR) is 87.0 cm³/mol. The van der Waals surface area contributed by atoms with E-state index in [1.54, 1.807) is 17.0 Å². The van der Waals surface area contributed by atoms with Gasteiger partial charge in [-0.15, -0.1) is 0 Å². The minimum Gasteiger partial charge on any atom is -0.481 e. The Balaban J connectivity index is 2.19. The van der Waals surface area contributed by atoms with Crippen LogP contribution in [0, 0.1) is 5.41 Å². The Morgan fingerprint density at radius 1 is 1.52 bits per heavy atom. The minimum atomic E-state index is -1.02. The summed E-state index contributed by atoms with van der Waals surface area (Å²) < 4.78 is 2.39. The van der Waals surface area contributed by atoms with Crippen molar-refractivity contribution in [2.75, 3.05) is 0 Å². The molecule has 0 aromatic carbocycles. The van der Waals surface area contributed by atoms with Crippen LogP contribution < -0.4 is 5.73 Å². The van der Waals surface area contributed by atoms with Crippen LogP contribution in [0.5, 0.6) is 0 Å². The van der Waals surface area contributed by atoms with Gasteiger partial charge in [-0.3, -0.25) is 9.59 Å². The summed E-state index contributed by atoms with van der Waals surface area (Å²) >= 11 is 9.29. The second-order valence-electron chi connectivity index (χ2n) is 5.76. The van der Waals surface area contributed by atoms with Gasteiger partial charge in [0.05, 0.1) is 16.8 Å². The lowest BCUT2D eigenvalue weighted by molar-refractivity contribution is -0.159. The SMILES string of the molecule is NC(=O)CC(n1cc(Br)c2cnc(Cl)nc21)C1(C(=O)O)CCC1. The number of nitrogens with zero attached hydrogens (tertiary/aromatic N) is 3. The number of fused-ring (bicyclic) bond motifs is 1. The monoisotopic (exact) mass is 400 g/mol. The number of carbonyl (C=O) groups is 2. The normalized spacial score (nSPS) is 17.7. The van der Waals surface area contributed by atoms with E-state index in [9.17, 15) is 14.7 Å². The van der Waals surface area contributed by atoms with E-state index >= 15 is 0 Å². The first-order chi connectivity index (χ1) is 10.8. The van der Waals surface area contributed by atoms with Gasteiger partial charge in [-0.2, -0.15) is 4.98 Å². The topological polar surface area (TPSA) is 111 Å². The minimum absolute atomic E-state index is 0.0557. The first-order valence-electron chi connectivity index (χ1n) is 7.05. The molecule has 1 aliphatic carbocycles. The molecule has 122 valence electrons. The lowest BCUT2D eigenvalue weighted by atomic mass is 9.63. The lowest BCUT2D eigenvalue weighted by Gasteiger charge is -2.44. The number of carboxylic acid groups (broad SMARTS) is 1. The third kappa shape index (κ3) is 2.59. The zero-order valence-electron chi connectivity index (χ0n) is 12.0. The van der Waals surface area contributed by atoms with Crippen LogP contribution in [-0.4, -0.2) is 31.5 Å². The standard InChI is InChI=1S/C14H14BrClN4O3/c15-8-6-20(11-7(8)5-18-13(16)19-11)9(4-10(17)21)14(12(22)23)2-1-3-14/h5-6,9H,1-4H2,(H2,17,21)(H,22,23). The highest BCUT2D eigenvalue weighted by molar-refractivity contribution is 9.10. The molecule has 1 saturated carbocycles. The van der Waals surface area contributed by atoms with E-state index in [-0.39, 0.29) is 11.7 Å². The first-order valence-corrected chi connectivity index (χ1v) is 8.22. The van der Waals surface area contributed by atoms with Gasteiger partial charge in [-0.1, -0.05) is 6.42 Å². The summed E-state index contributed by atoms with van der Waals surface area (Å²) in [5.41, 5.74) is 4.84. The van der Waals surface area contributed by atoms with Gasteiger partial charge in [0.25, 0.3) is 0 Å². The molecule has 0 spiro atoms. The number of halogens is 2. The molecule has 0 saturated heterocycles. The van der Waals surface area contributed by atoms with E-state index in [0.29, 0.717) is 28.3 Å². The van der Waals surface area contributed by atoms with Crippen LogP contribution in [0.25, 0.3) is 11.0 Å². The van der Waals surface area contributed by atoms with Crippen molar-refractivity contribution in [2.24, 2.45) is 11.1 Å². The maximum Gasteiger partial charge on any atom is 0.311 e. The molecule has 9 heteroatoms. The highest BCUT2D eigenvalue weighted by atomic mass is 79.9. The fraction of sp³-hybridized carbons (Fsp3) is 0.429. The van der Waals surface area contributed by atoms with E-state index in [1.807, 2.05) is 0 Å². The largest absolute Gasteiger partial charge is 0.481 e. The van der Waals surface area contributed by atoms with Crippen molar-refractivity contribution in [3.8, 4) is 0 Å². The molecule has 2 heterocycles. The number of aromatic nitrogens is 3. The third-order valence-electron chi connectivity index (χ3n) is 4.53. The number of primary amides is 1. The Bertz CT molecular complexity index is 803. The molecule has 1 aliphatic rings. The first kappa shape index (κ1) is 16.2. The van der Waals surface area contributed by atoms with Gasteiger partial charge in [0.15, 0.2) is 0 Å². The molecular formula is C14H14BrClN4O3. The molecule has 3 N–H and O–H groups in total. The third-order valence-corrected chi connectivity index (χ3v) is 5.35. The zero-order valence-corrected chi connectivity index (χ0v) is 14.3. The van der Waals surface area contributed by atoms with Crippen LogP contribution in [0.4, 0.5) is 0 Å². The Morgan fingerprint density at radius 2 is 2.22 bits per heavy atom. The summed E-state index contributed by atoms with van der Waals surface area (Å²) in [5, 5.41) is 10.5. The summed E-state index contributed by atoms with van der Waals surface area (Å²) in [7, 11) is 0. The maximum absolute atomic E-state index is 11.9. The molecule has 2 aromatic heterocycles. The maximum atomic E-state index is 11.9. The van der Waals surface area contributed by atoms with Gasteiger partial charge in [-0.25, -0.2) is 4.98 Å². The zero-order chi connectivity index (χ0) is 16.8. The Labute approximate surface area is 145 Å². The summed E-state index contributed by atoms with van der Waals surface area (Å²) in [5.74, 6) is -1.48. The van der Waals surface area contributed by atoms with Crippen molar-refractivity contribution in [2.45, 2.75) is 31.7 Å². The van der Waals surface area contributed by atoms with Crippen LogP contribution in [0.15, 0.2) is 16.9 Å². The smallest absolute Gasteiger partial charge is 0.311 e. The quantitative estimate of drug-likeness (QED) is 0.748. The summed E-state index contributed by atoms with van der Waals surface area (Å²) in [6.07, 6.45) is 4.99. The highest BCUT2D eigenvalue weighted by Crippen LogP contribution is 2.52. The van der Waals surface area contributed by atoms with Gasteiger partial charge in [-0.05, 0) is 40.4 Å². The average Bonchev–Trinajstić information content (AvgIpc) is 2.72. The molecule has 0 aliphatic heterocycles. The summed E-state index contributed by atoms with van der Waals surface area (Å²) in [6, 6.07) is -0.619. The fourth-order valence-corrected chi connectivity index (χ4v) is 3.83. The van der Waals surface area contributed by atoms with Gasteiger partial charge < -0.3 is 15.4 Å². The van der Waals surface area contributed by atoms with Crippen LogP contribution in [-0.2, 0) is 9.59 Å². The molecule has 3 rings (SSSR count). The molecule has 1 fully saturated rings. The van der Waals surface area contributed by atoms with Gasteiger partial charge in [0, 0.05) is 23.3 Å². The molecule has 1 amide bonds. The number of amides is 1. The molecule has 1 unspecified atom stereocenters. The number of carbonyl (C=O) groups excluding carboxylic acids is 1.